The van der Waals surface area contributed by atoms with E-state index in [2.05, 4.69) is 0 Å². The van der Waals surface area contributed by atoms with Gasteiger partial charge in [-0.2, -0.15) is 0 Å². The highest BCUT2D eigenvalue weighted by Crippen LogP contribution is 1.98. The summed E-state index contributed by atoms with van der Waals surface area (Å²) < 4.78 is 5.17. The Morgan fingerprint density at radius 3 is 2.45 bits per heavy atom. The van der Waals surface area contributed by atoms with Gasteiger partial charge in [0.15, 0.2) is 0 Å². The van der Waals surface area contributed by atoms with Crippen LogP contribution in [0.5, 0.6) is 0 Å². The Bertz CT molecular complexity index is 83.4. The first-order valence-electron chi connectivity index (χ1n) is 4.07. The number of hydrogen-bond donors (Lipinski definition) is 2. The Balaban J connectivity index is 3.15. The highest BCUT2D eigenvalue weighted by Gasteiger charge is 2.04. The summed E-state index contributed by atoms with van der Waals surface area (Å²) in [6.07, 6.45) is 0.995. The van der Waals surface area contributed by atoms with Gasteiger partial charge in [0.05, 0.1) is 18.8 Å². The molecule has 0 heterocycles. The van der Waals surface area contributed by atoms with E-state index >= 15 is 0 Å². The van der Waals surface area contributed by atoms with Crippen LogP contribution >= 0.6 is 0 Å². The molecule has 2 N–H and O–H groups in total. The van der Waals surface area contributed by atoms with Crippen LogP contribution in [0.3, 0.4) is 0 Å². The molecule has 0 bridgehead atoms. The predicted molar refractivity (Wildman–Crippen MR) is 43.4 cm³/mol. The maximum absolute atomic E-state index is 9.19. The molecule has 0 spiro atoms. The lowest BCUT2D eigenvalue weighted by Crippen LogP contribution is -2.18. The molecule has 0 fully saturated rings. The van der Waals surface area contributed by atoms with Crippen molar-refractivity contribution < 1.29 is 14.9 Å². The van der Waals surface area contributed by atoms with Crippen LogP contribution in [0.2, 0.25) is 0 Å². The third kappa shape index (κ3) is 7.78. The van der Waals surface area contributed by atoms with E-state index in [0.717, 1.165) is 0 Å². The zero-order valence-corrected chi connectivity index (χ0v) is 7.29. The fraction of sp³-hybridized carbons (Fsp3) is 1.00. The molecule has 0 unspecified atom stereocenters. The molecule has 11 heavy (non-hydrogen) atoms. The lowest BCUT2D eigenvalue weighted by Gasteiger charge is -2.12. The summed E-state index contributed by atoms with van der Waals surface area (Å²) in [6.45, 7) is 4.37. The van der Waals surface area contributed by atoms with Gasteiger partial charge < -0.3 is 14.9 Å². The fourth-order valence-electron chi connectivity index (χ4n) is 0.714. The van der Waals surface area contributed by atoms with Crippen molar-refractivity contribution in [2.24, 2.45) is 0 Å². The topological polar surface area (TPSA) is 49.7 Å². The normalized spacial score (nSPS) is 13.9. The monoisotopic (exact) mass is 162 g/mol. The van der Waals surface area contributed by atoms with Crippen LogP contribution in [0.25, 0.3) is 0 Å². The van der Waals surface area contributed by atoms with Crippen molar-refractivity contribution >= 4 is 0 Å². The van der Waals surface area contributed by atoms with Crippen LogP contribution in [-0.2, 0) is 4.74 Å². The zero-order valence-electron chi connectivity index (χ0n) is 7.29. The third-order valence-corrected chi connectivity index (χ3v) is 1.32. The van der Waals surface area contributed by atoms with Gasteiger partial charge >= 0.3 is 0 Å². The molecule has 0 saturated carbocycles. The molecule has 0 aromatic heterocycles. The molecule has 0 rings (SSSR count). The zero-order chi connectivity index (χ0) is 8.69. The van der Waals surface area contributed by atoms with Gasteiger partial charge in [-0.15, -0.1) is 0 Å². The number of ether oxygens (including phenoxy) is 1. The Morgan fingerprint density at radius 2 is 2.00 bits per heavy atom. The van der Waals surface area contributed by atoms with E-state index in [0.29, 0.717) is 19.4 Å². The lowest BCUT2D eigenvalue weighted by atomic mass is 10.2. The minimum atomic E-state index is -0.426. The highest BCUT2D eigenvalue weighted by molar-refractivity contribution is 4.53. The Hall–Kier alpha value is -0.120. The van der Waals surface area contributed by atoms with Crippen LogP contribution in [0, 0.1) is 0 Å². The van der Waals surface area contributed by atoms with E-state index in [-0.39, 0.29) is 12.7 Å². The molecule has 0 amide bonds. The Morgan fingerprint density at radius 1 is 1.36 bits per heavy atom. The van der Waals surface area contributed by atoms with Gasteiger partial charge in [0.1, 0.15) is 0 Å². The first-order valence-corrected chi connectivity index (χ1v) is 4.07. The van der Waals surface area contributed by atoms with Gasteiger partial charge in [-0.25, -0.2) is 0 Å². The molecule has 1 atom stereocenters. The summed E-state index contributed by atoms with van der Waals surface area (Å²) in [6, 6.07) is 0. The third-order valence-electron chi connectivity index (χ3n) is 1.32. The quantitative estimate of drug-likeness (QED) is 0.599. The van der Waals surface area contributed by atoms with E-state index in [1.807, 2.05) is 13.8 Å². The average Bonchev–Trinajstić information content (AvgIpc) is 1.97. The van der Waals surface area contributed by atoms with Gasteiger partial charge in [-0.1, -0.05) is 0 Å². The summed E-state index contributed by atoms with van der Waals surface area (Å²) >= 11 is 0. The second-order valence-corrected chi connectivity index (χ2v) is 2.90. The minimum Gasteiger partial charge on any atom is -0.396 e. The van der Waals surface area contributed by atoms with Gasteiger partial charge in [0.25, 0.3) is 0 Å². The molecule has 3 heteroatoms. The average molecular weight is 162 g/mol. The standard InChI is InChI=1S/C8H18O3/c1-7(2)11-6-8(10)4-3-5-9/h7-10H,3-6H2,1-2H3/t8-/m1/s1. The molecule has 0 aromatic rings. The fourth-order valence-corrected chi connectivity index (χ4v) is 0.714. The van der Waals surface area contributed by atoms with E-state index < -0.39 is 6.10 Å². The molecule has 0 aliphatic carbocycles. The molecule has 0 radical (unpaired) electrons. The van der Waals surface area contributed by atoms with Crippen molar-refractivity contribution in [3.05, 3.63) is 0 Å². The largest absolute Gasteiger partial charge is 0.396 e. The molecule has 3 nitrogen and oxygen atoms in total. The van der Waals surface area contributed by atoms with Crippen molar-refractivity contribution in [3.63, 3.8) is 0 Å². The molecule has 0 aliphatic rings. The minimum absolute atomic E-state index is 0.138. The first kappa shape index (κ1) is 10.9. The summed E-state index contributed by atoms with van der Waals surface area (Å²) in [5.74, 6) is 0. The maximum Gasteiger partial charge on any atom is 0.0774 e. The summed E-state index contributed by atoms with van der Waals surface area (Å²) in [4.78, 5) is 0. The molecular formula is C8H18O3. The smallest absolute Gasteiger partial charge is 0.0774 e. The first-order chi connectivity index (χ1) is 5.16. The van der Waals surface area contributed by atoms with Crippen molar-refractivity contribution in [1.82, 2.24) is 0 Å². The summed E-state index contributed by atoms with van der Waals surface area (Å²) in [7, 11) is 0. The van der Waals surface area contributed by atoms with E-state index in [1.165, 1.54) is 0 Å². The van der Waals surface area contributed by atoms with Crippen molar-refractivity contribution in [1.29, 1.82) is 0 Å². The van der Waals surface area contributed by atoms with E-state index in [9.17, 15) is 5.11 Å². The SMILES string of the molecule is CC(C)OC[C@H](O)CCCO. The molecule has 0 aliphatic heterocycles. The second kappa shape index (κ2) is 6.58. The second-order valence-electron chi connectivity index (χ2n) is 2.90. The molecule has 0 aromatic carbocycles. The lowest BCUT2D eigenvalue weighted by molar-refractivity contribution is 0.000517. The number of aliphatic hydroxyl groups is 2. The van der Waals surface area contributed by atoms with Crippen LogP contribution in [-0.4, -0.2) is 35.6 Å². The Labute approximate surface area is 68.0 Å². The van der Waals surface area contributed by atoms with Crippen molar-refractivity contribution in [2.75, 3.05) is 13.2 Å². The van der Waals surface area contributed by atoms with Crippen LogP contribution in [0.1, 0.15) is 26.7 Å². The molecule has 0 saturated heterocycles. The summed E-state index contributed by atoms with van der Waals surface area (Å²) in [5.41, 5.74) is 0. The van der Waals surface area contributed by atoms with Crippen LogP contribution in [0.15, 0.2) is 0 Å². The van der Waals surface area contributed by atoms with Crippen molar-refractivity contribution in [2.45, 2.75) is 38.9 Å². The van der Waals surface area contributed by atoms with Crippen molar-refractivity contribution in [3.8, 4) is 0 Å². The summed E-state index contributed by atoms with van der Waals surface area (Å²) in [5, 5.41) is 17.6. The van der Waals surface area contributed by atoms with Gasteiger partial charge in [-0.05, 0) is 26.7 Å². The van der Waals surface area contributed by atoms with E-state index in [1.54, 1.807) is 0 Å². The predicted octanol–water partition coefficient (Wildman–Crippen LogP) is 0.545. The number of hydrogen-bond acceptors (Lipinski definition) is 3. The van der Waals surface area contributed by atoms with Crippen LogP contribution in [0.4, 0.5) is 0 Å². The van der Waals surface area contributed by atoms with Gasteiger partial charge in [-0.3, -0.25) is 0 Å². The molecular weight excluding hydrogens is 144 g/mol. The maximum atomic E-state index is 9.19. The number of rotatable bonds is 6. The highest BCUT2D eigenvalue weighted by atomic mass is 16.5. The molecule has 68 valence electrons. The van der Waals surface area contributed by atoms with Gasteiger partial charge in [0.2, 0.25) is 0 Å². The van der Waals surface area contributed by atoms with Crippen LogP contribution < -0.4 is 0 Å². The Kier molecular flexibility index (Phi) is 6.51. The van der Waals surface area contributed by atoms with Gasteiger partial charge in [0, 0.05) is 6.61 Å². The van der Waals surface area contributed by atoms with E-state index in [4.69, 9.17) is 9.84 Å². The number of aliphatic hydroxyl groups excluding tert-OH is 2.